The van der Waals surface area contributed by atoms with Gasteiger partial charge in [-0.1, -0.05) is 12.8 Å². The van der Waals surface area contributed by atoms with Crippen LogP contribution in [-0.4, -0.2) is 14.9 Å². The van der Waals surface area contributed by atoms with Crippen LogP contribution >= 0.6 is 0 Å². The maximum atomic E-state index is 5.79. The number of hydrogen-bond acceptors (Lipinski definition) is 1. The van der Waals surface area contributed by atoms with Crippen molar-refractivity contribution in [3.63, 3.8) is 0 Å². The molecule has 1 aromatic carbocycles. The fraction of sp³-hybridized carbons (Fsp3) is 0.467. The standard InChI is InChI=1S/C12H21OSi.3CH3.Pt/c1-4-13-14(2,3)11-7-10-12-8-5-6-9-12;;;;/h5-6,8-9H,4,7,10-11H2,1-3H3;3*1H3;/q4*-1;+4. The first-order chi connectivity index (χ1) is 6.64. The zero-order valence-corrected chi connectivity index (χ0v) is 16.1. The second-order valence-electron chi connectivity index (χ2n) is 4.34. The molecule has 0 spiro atoms. The first kappa shape index (κ1) is 26.7. The predicted octanol–water partition coefficient (Wildman–Crippen LogP) is 4.93. The summed E-state index contributed by atoms with van der Waals surface area (Å²) in [6.45, 7) is 7.57. The van der Waals surface area contributed by atoms with Crippen molar-refractivity contribution in [2.45, 2.75) is 38.9 Å². The van der Waals surface area contributed by atoms with Crippen molar-refractivity contribution in [1.29, 1.82) is 0 Å². The van der Waals surface area contributed by atoms with E-state index in [0.29, 0.717) is 0 Å². The summed E-state index contributed by atoms with van der Waals surface area (Å²) in [5, 5.41) is 0. The fourth-order valence-electron chi connectivity index (χ4n) is 1.76. The Kier molecular flexibility index (Phi) is 20.2. The van der Waals surface area contributed by atoms with E-state index < -0.39 is 8.32 Å². The van der Waals surface area contributed by atoms with Crippen LogP contribution in [0.25, 0.3) is 0 Å². The van der Waals surface area contributed by atoms with E-state index in [9.17, 15) is 0 Å². The molecule has 0 radical (unpaired) electrons. The van der Waals surface area contributed by atoms with Gasteiger partial charge in [0.1, 0.15) is 0 Å². The van der Waals surface area contributed by atoms with Crippen LogP contribution in [0.3, 0.4) is 0 Å². The molecule has 0 aliphatic carbocycles. The van der Waals surface area contributed by atoms with Crippen LogP contribution in [-0.2, 0) is 31.9 Å². The minimum atomic E-state index is -1.34. The largest absolute Gasteiger partial charge is 4.00 e. The summed E-state index contributed by atoms with van der Waals surface area (Å²) in [5.41, 5.74) is 1.46. The third kappa shape index (κ3) is 11.3. The second kappa shape index (κ2) is 13.6. The van der Waals surface area contributed by atoms with Crippen LogP contribution in [0, 0.1) is 22.3 Å². The van der Waals surface area contributed by atoms with E-state index in [1.165, 1.54) is 24.4 Å². The Morgan fingerprint density at radius 3 is 2.00 bits per heavy atom. The molecule has 1 nitrogen and oxygen atoms in total. The van der Waals surface area contributed by atoms with Crippen molar-refractivity contribution < 1.29 is 25.5 Å². The molecule has 0 N–H and O–H groups in total. The molecular weight excluding hydrogens is 419 g/mol. The van der Waals surface area contributed by atoms with Gasteiger partial charge in [-0.2, -0.15) is 17.7 Å². The van der Waals surface area contributed by atoms with Crippen LogP contribution in [0.15, 0.2) is 24.3 Å². The zero-order valence-electron chi connectivity index (χ0n) is 12.9. The molecule has 0 atom stereocenters. The van der Waals surface area contributed by atoms with Gasteiger partial charge in [0, 0.05) is 6.61 Å². The van der Waals surface area contributed by atoms with Gasteiger partial charge >= 0.3 is 21.1 Å². The summed E-state index contributed by atoms with van der Waals surface area (Å²) in [6, 6.07) is 9.90. The van der Waals surface area contributed by atoms with E-state index in [1.807, 2.05) is 0 Å². The summed E-state index contributed by atoms with van der Waals surface area (Å²) >= 11 is 0. The van der Waals surface area contributed by atoms with Crippen LogP contribution in [0.4, 0.5) is 0 Å². The summed E-state index contributed by atoms with van der Waals surface area (Å²) in [4.78, 5) is 0. The third-order valence-electron chi connectivity index (χ3n) is 2.51. The molecule has 0 amide bonds. The van der Waals surface area contributed by atoms with Crippen molar-refractivity contribution in [3.8, 4) is 0 Å². The van der Waals surface area contributed by atoms with E-state index in [2.05, 4.69) is 44.3 Å². The quantitative estimate of drug-likeness (QED) is 0.442. The van der Waals surface area contributed by atoms with E-state index in [4.69, 9.17) is 4.43 Å². The van der Waals surface area contributed by atoms with Crippen LogP contribution in [0.1, 0.15) is 18.9 Å². The Labute approximate surface area is 131 Å². The van der Waals surface area contributed by atoms with Gasteiger partial charge in [-0.15, -0.1) is 0 Å². The molecule has 18 heavy (non-hydrogen) atoms. The zero-order chi connectivity index (χ0) is 10.4. The van der Waals surface area contributed by atoms with E-state index >= 15 is 0 Å². The maximum Gasteiger partial charge on any atom is 4.00 e. The van der Waals surface area contributed by atoms with Crippen molar-refractivity contribution in [2.75, 3.05) is 6.61 Å². The Hall–Kier alpha value is 0.215. The predicted molar refractivity (Wildman–Crippen MR) is 83.5 cm³/mol. The van der Waals surface area contributed by atoms with Crippen molar-refractivity contribution >= 4 is 8.32 Å². The Bertz CT molecular complexity index is 245. The van der Waals surface area contributed by atoms with Crippen LogP contribution < -0.4 is 0 Å². The SMILES string of the molecule is CCO[Si](C)(C)CCC[c-]1cccc1.[CH3-].[CH3-].[CH3-].[Pt+4]. The minimum absolute atomic E-state index is 0. The Morgan fingerprint density at radius 1 is 1.06 bits per heavy atom. The summed E-state index contributed by atoms with van der Waals surface area (Å²) in [5.74, 6) is 0. The van der Waals surface area contributed by atoms with Crippen LogP contribution in [0.5, 0.6) is 0 Å². The molecule has 0 saturated carbocycles. The molecule has 1 rings (SSSR count). The van der Waals surface area contributed by atoms with Gasteiger partial charge in [0.15, 0.2) is 8.32 Å². The van der Waals surface area contributed by atoms with Gasteiger partial charge in [-0.3, -0.25) is 0 Å². The maximum absolute atomic E-state index is 5.79. The molecule has 0 fully saturated rings. The van der Waals surface area contributed by atoms with Gasteiger partial charge in [-0.25, -0.2) is 12.1 Å². The molecule has 1 aromatic rings. The van der Waals surface area contributed by atoms with Crippen molar-refractivity contribution in [2.24, 2.45) is 0 Å². The summed E-state index contributed by atoms with van der Waals surface area (Å²) < 4.78 is 5.79. The third-order valence-corrected chi connectivity index (χ3v) is 5.14. The van der Waals surface area contributed by atoms with E-state index in [0.717, 1.165) is 6.61 Å². The number of aryl methyl sites for hydroxylation is 1. The van der Waals surface area contributed by atoms with Crippen molar-refractivity contribution in [1.82, 2.24) is 0 Å². The second-order valence-corrected chi connectivity index (χ2v) is 8.65. The normalized spacial score (nSPS) is 9.28. The number of rotatable bonds is 6. The van der Waals surface area contributed by atoms with Gasteiger partial charge in [-0.05, 0) is 26.1 Å². The van der Waals surface area contributed by atoms with Crippen LogP contribution in [0.2, 0.25) is 19.1 Å². The molecule has 0 bridgehead atoms. The van der Waals surface area contributed by atoms with E-state index in [-0.39, 0.29) is 43.3 Å². The molecule has 0 heterocycles. The first-order valence-corrected chi connectivity index (χ1v) is 8.60. The number of hydrogen-bond donors (Lipinski definition) is 0. The average Bonchev–Trinajstić information content (AvgIpc) is 2.56. The summed E-state index contributed by atoms with van der Waals surface area (Å²) in [7, 11) is -1.34. The molecule has 0 aromatic heterocycles. The monoisotopic (exact) mass is 449 g/mol. The Morgan fingerprint density at radius 2 is 1.56 bits per heavy atom. The van der Waals surface area contributed by atoms with Crippen molar-refractivity contribution in [3.05, 3.63) is 52.1 Å². The molecule has 0 aliphatic rings. The molecule has 0 unspecified atom stereocenters. The first-order valence-electron chi connectivity index (χ1n) is 5.48. The molecular formula is C15H30OPtSi. The fourth-order valence-corrected chi connectivity index (χ4v) is 3.72. The average molecular weight is 450 g/mol. The molecule has 110 valence electrons. The van der Waals surface area contributed by atoms with Gasteiger partial charge < -0.3 is 26.7 Å². The molecule has 0 saturated heterocycles. The topological polar surface area (TPSA) is 9.23 Å². The Balaban J connectivity index is -0.000000245. The van der Waals surface area contributed by atoms with E-state index in [1.54, 1.807) is 0 Å². The smallest absolute Gasteiger partial charge is 0.418 e. The minimum Gasteiger partial charge on any atom is -0.418 e. The van der Waals surface area contributed by atoms with Gasteiger partial charge in [0.2, 0.25) is 0 Å². The van der Waals surface area contributed by atoms with Gasteiger partial charge in [0.05, 0.1) is 0 Å². The summed E-state index contributed by atoms with van der Waals surface area (Å²) in [6.07, 6.45) is 2.47. The van der Waals surface area contributed by atoms with Gasteiger partial charge in [0.25, 0.3) is 0 Å². The molecule has 3 heteroatoms. The molecule has 0 aliphatic heterocycles.